The molecule has 26 heavy (non-hydrogen) atoms. The fourth-order valence-corrected chi connectivity index (χ4v) is 3.64. The van der Waals surface area contributed by atoms with Crippen molar-refractivity contribution in [3.8, 4) is 11.5 Å². The molecular formula is C21H24N2O3. The Morgan fingerprint density at radius 2 is 1.77 bits per heavy atom. The van der Waals surface area contributed by atoms with Crippen LogP contribution < -0.4 is 14.4 Å². The van der Waals surface area contributed by atoms with Gasteiger partial charge >= 0.3 is 0 Å². The minimum absolute atomic E-state index is 0.0156. The van der Waals surface area contributed by atoms with Gasteiger partial charge in [-0.2, -0.15) is 0 Å². The summed E-state index contributed by atoms with van der Waals surface area (Å²) in [6.07, 6.45) is 2.47. The number of amides is 1. The first-order chi connectivity index (χ1) is 12.7. The molecule has 4 rings (SSSR count). The van der Waals surface area contributed by atoms with E-state index >= 15 is 0 Å². The number of para-hydroxylation sites is 1. The molecule has 1 amide bonds. The van der Waals surface area contributed by atoms with E-state index in [0.717, 1.165) is 13.1 Å². The summed E-state index contributed by atoms with van der Waals surface area (Å²) in [5.74, 6) is 1.33. The Morgan fingerprint density at radius 3 is 2.58 bits per heavy atom. The predicted octanol–water partition coefficient (Wildman–Crippen LogP) is 3.33. The normalized spacial score (nSPS) is 15.8. The molecule has 5 nitrogen and oxygen atoms in total. The van der Waals surface area contributed by atoms with Crippen LogP contribution in [0.3, 0.4) is 0 Å². The molecule has 0 saturated carbocycles. The molecular weight excluding hydrogens is 328 g/mol. The number of rotatable bonds is 4. The van der Waals surface area contributed by atoms with Crippen molar-refractivity contribution in [3.05, 3.63) is 53.6 Å². The van der Waals surface area contributed by atoms with E-state index in [1.807, 2.05) is 19.2 Å². The fraction of sp³-hybridized carbons (Fsp3) is 0.381. The number of benzene rings is 2. The van der Waals surface area contributed by atoms with Crippen LogP contribution in [0.25, 0.3) is 0 Å². The second-order valence-corrected chi connectivity index (χ2v) is 6.84. The maximum atomic E-state index is 12.9. The molecule has 1 fully saturated rings. The van der Waals surface area contributed by atoms with Gasteiger partial charge < -0.3 is 19.3 Å². The highest BCUT2D eigenvalue weighted by Gasteiger charge is 2.20. The van der Waals surface area contributed by atoms with Crippen LogP contribution in [-0.4, -0.2) is 44.2 Å². The molecule has 5 heteroatoms. The molecule has 0 spiro atoms. The Kier molecular flexibility index (Phi) is 4.69. The van der Waals surface area contributed by atoms with E-state index in [0.29, 0.717) is 36.8 Å². The van der Waals surface area contributed by atoms with E-state index in [1.54, 1.807) is 17.0 Å². The Bertz CT molecular complexity index is 800. The maximum absolute atomic E-state index is 12.9. The average molecular weight is 352 g/mol. The topological polar surface area (TPSA) is 42.0 Å². The lowest BCUT2D eigenvalue weighted by atomic mass is 10.1. The average Bonchev–Trinajstić information content (AvgIpc) is 3.22. The number of fused-ring (bicyclic) bond motifs is 1. The SMILES string of the molecule is CN(Cc1ccccc1N1CCCC1)C(=O)c1ccc2c(c1)OCCO2. The van der Waals surface area contributed by atoms with Crippen LogP contribution in [0, 0.1) is 0 Å². The molecule has 2 aliphatic rings. The van der Waals surface area contributed by atoms with Crippen molar-refractivity contribution < 1.29 is 14.3 Å². The zero-order chi connectivity index (χ0) is 17.9. The highest BCUT2D eigenvalue weighted by atomic mass is 16.6. The smallest absolute Gasteiger partial charge is 0.254 e. The highest BCUT2D eigenvalue weighted by Crippen LogP contribution is 2.31. The van der Waals surface area contributed by atoms with Crippen LogP contribution in [0.1, 0.15) is 28.8 Å². The molecule has 136 valence electrons. The van der Waals surface area contributed by atoms with Crippen molar-refractivity contribution in [1.29, 1.82) is 0 Å². The minimum atomic E-state index is -0.0156. The highest BCUT2D eigenvalue weighted by molar-refractivity contribution is 5.94. The molecule has 0 aliphatic carbocycles. The lowest BCUT2D eigenvalue weighted by Gasteiger charge is -2.25. The largest absolute Gasteiger partial charge is 0.486 e. The molecule has 1 saturated heterocycles. The van der Waals surface area contributed by atoms with Crippen molar-refractivity contribution in [2.45, 2.75) is 19.4 Å². The first kappa shape index (κ1) is 16.8. The quantitative estimate of drug-likeness (QED) is 0.846. The van der Waals surface area contributed by atoms with E-state index < -0.39 is 0 Å². The van der Waals surface area contributed by atoms with Gasteiger partial charge in [-0.05, 0) is 42.7 Å². The monoisotopic (exact) mass is 352 g/mol. The number of carbonyl (C=O) groups excluding carboxylic acids is 1. The van der Waals surface area contributed by atoms with E-state index in [-0.39, 0.29) is 5.91 Å². The van der Waals surface area contributed by atoms with Crippen molar-refractivity contribution in [2.75, 3.05) is 38.3 Å². The van der Waals surface area contributed by atoms with Gasteiger partial charge in [-0.15, -0.1) is 0 Å². The van der Waals surface area contributed by atoms with Gasteiger partial charge in [-0.25, -0.2) is 0 Å². The summed E-state index contributed by atoms with van der Waals surface area (Å²) < 4.78 is 11.1. The molecule has 0 radical (unpaired) electrons. The van der Waals surface area contributed by atoms with E-state index in [4.69, 9.17) is 9.47 Å². The zero-order valence-electron chi connectivity index (χ0n) is 15.1. The van der Waals surface area contributed by atoms with Gasteiger partial charge in [0.1, 0.15) is 13.2 Å². The van der Waals surface area contributed by atoms with Gasteiger partial charge in [0, 0.05) is 37.9 Å². The molecule has 0 bridgehead atoms. The van der Waals surface area contributed by atoms with E-state index in [1.165, 1.54) is 24.1 Å². The molecule has 2 aliphatic heterocycles. The van der Waals surface area contributed by atoms with Crippen LogP contribution >= 0.6 is 0 Å². The standard InChI is InChI=1S/C21H24N2O3/c1-22(15-17-6-2-3-7-18(17)23-10-4-5-11-23)21(24)16-8-9-19-20(14-16)26-13-12-25-19/h2-3,6-9,14H,4-5,10-13,15H2,1H3. The first-order valence-electron chi connectivity index (χ1n) is 9.20. The summed E-state index contributed by atoms with van der Waals surface area (Å²) in [6.45, 7) is 3.84. The van der Waals surface area contributed by atoms with Crippen LogP contribution in [0.5, 0.6) is 11.5 Å². The molecule has 2 aromatic rings. The number of nitrogens with zero attached hydrogens (tertiary/aromatic N) is 2. The number of hydrogen-bond donors (Lipinski definition) is 0. The van der Waals surface area contributed by atoms with E-state index in [2.05, 4.69) is 23.1 Å². The molecule has 0 unspecified atom stereocenters. The predicted molar refractivity (Wildman–Crippen MR) is 101 cm³/mol. The number of hydrogen-bond acceptors (Lipinski definition) is 4. The molecule has 2 heterocycles. The third-order valence-electron chi connectivity index (χ3n) is 4.98. The lowest BCUT2D eigenvalue weighted by Crippen LogP contribution is -2.28. The summed E-state index contributed by atoms with van der Waals surface area (Å²) in [6, 6.07) is 13.8. The number of carbonyl (C=O) groups is 1. The maximum Gasteiger partial charge on any atom is 0.254 e. The zero-order valence-corrected chi connectivity index (χ0v) is 15.1. The van der Waals surface area contributed by atoms with Gasteiger partial charge in [0.2, 0.25) is 0 Å². The van der Waals surface area contributed by atoms with Crippen molar-refractivity contribution in [3.63, 3.8) is 0 Å². The fourth-order valence-electron chi connectivity index (χ4n) is 3.64. The van der Waals surface area contributed by atoms with Crippen LogP contribution in [-0.2, 0) is 6.54 Å². The third-order valence-corrected chi connectivity index (χ3v) is 4.98. The van der Waals surface area contributed by atoms with Crippen molar-refractivity contribution in [1.82, 2.24) is 4.90 Å². The summed E-state index contributed by atoms with van der Waals surface area (Å²) in [7, 11) is 1.85. The number of ether oxygens (including phenoxy) is 2. The van der Waals surface area contributed by atoms with Crippen LogP contribution in [0.15, 0.2) is 42.5 Å². The Balaban J connectivity index is 1.51. The molecule has 0 aromatic heterocycles. The molecule has 2 aromatic carbocycles. The van der Waals surface area contributed by atoms with E-state index in [9.17, 15) is 4.79 Å². The van der Waals surface area contributed by atoms with Gasteiger partial charge in [0.25, 0.3) is 5.91 Å². The third kappa shape index (κ3) is 3.34. The second-order valence-electron chi connectivity index (χ2n) is 6.84. The van der Waals surface area contributed by atoms with Gasteiger partial charge in [-0.1, -0.05) is 18.2 Å². The molecule has 0 N–H and O–H groups in total. The van der Waals surface area contributed by atoms with Crippen LogP contribution in [0.4, 0.5) is 5.69 Å². The number of anilines is 1. The summed E-state index contributed by atoms with van der Waals surface area (Å²) in [4.78, 5) is 17.1. The van der Waals surface area contributed by atoms with Crippen LogP contribution in [0.2, 0.25) is 0 Å². The Morgan fingerprint density at radius 1 is 1.04 bits per heavy atom. The van der Waals surface area contributed by atoms with Crippen molar-refractivity contribution >= 4 is 11.6 Å². The summed E-state index contributed by atoms with van der Waals surface area (Å²) >= 11 is 0. The Labute approximate surface area is 154 Å². The first-order valence-corrected chi connectivity index (χ1v) is 9.20. The van der Waals surface area contributed by atoms with Crippen molar-refractivity contribution in [2.24, 2.45) is 0 Å². The summed E-state index contributed by atoms with van der Waals surface area (Å²) in [5.41, 5.74) is 3.05. The van der Waals surface area contributed by atoms with Gasteiger partial charge in [-0.3, -0.25) is 4.79 Å². The molecule has 0 atom stereocenters. The lowest BCUT2D eigenvalue weighted by molar-refractivity contribution is 0.0784. The second kappa shape index (κ2) is 7.28. The minimum Gasteiger partial charge on any atom is -0.486 e. The van der Waals surface area contributed by atoms with Gasteiger partial charge in [0.15, 0.2) is 11.5 Å². The Hall–Kier alpha value is -2.69. The summed E-state index contributed by atoms with van der Waals surface area (Å²) in [5, 5.41) is 0. The van der Waals surface area contributed by atoms with Gasteiger partial charge in [0.05, 0.1) is 0 Å².